The molecule has 0 aromatic heterocycles. The number of esters is 1. The van der Waals surface area contributed by atoms with Gasteiger partial charge in [0.2, 0.25) is 5.91 Å². The molecule has 0 bridgehead atoms. The number of nitrogens with one attached hydrogen (secondary N) is 2. The van der Waals surface area contributed by atoms with Gasteiger partial charge < -0.3 is 19.7 Å². The smallest absolute Gasteiger partial charge is 0.308 e. The molecule has 1 saturated heterocycles. The summed E-state index contributed by atoms with van der Waals surface area (Å²) in [5, 5.41) is 5.20. The molecule has 168 valence electrons. The van der Waals surface area contributed by atoms with Crippen LogP contribution in [0, 0.1) is 5.82 Å². The molecule has 2 aromatic carbocycles. The van der Waals surface area contributed by atoms with Gasteiger partial charge in [0, 0.05) is 18.7 Å². The van der Waals surface area contributed by atoms with E-state index >= 15 is 0 Å². The highest BCUT2D eigenvalue weighted by molar-refractivity contribution is 7.80. The second-order valence-electron chi connectivity index (χ2n) is 6.85. The van der Waals surface area contributed by atoms with Crippen molar-refractivity contribution < 1.29 is 28.2 Å². The fourth-order valence-electron chi connectivity index (χ4n) is 3.05. The van der Waals surface area contributed by atoms with Crippen molar-refractivity contribution in [1.29, 1.82) is 0 Å². The lowest BCUT2D eigenvalue weighted by atomic mass is 10.1. The summed E-state index contributed by atoms with van der Waals surface area (Å²) in [7, 11) is 0. The Hall–Kier alpha value is -3.53. The number of para-hydroxylation sites is 1. The Morgan fingerprint density at radius 3 is 2.56 bits per heavy atom. The molecular weight excluding hydrogens is 437 g/mol. The lowest BCUT2D eigenvalue weighted by Crippen LogP contribution is -2.60. The van der Waals surface area contributed by atoms with Crippen LogP contribution in [-0.2, 0) is 14.3 Å². The molecule has 8 nitrogen and oxygen atoms in total. The molecule has 1 unspecified atom stereocenters. The molecular formula is C22H22FN3O5S. The third-order valence-corrected chi connectivity index (χ3v) is 4.97. The van der Waals surface area contributed by atoms with Crippen LogP contribution < -0.4 is 15.4 Å². The zero-order valence-electron chi connectivity index (χ0n) is 17.1. The van der Waals surface area contributed by atoms with Gasteiger partial charge in [0.15, 0.2) is 5.11 Å². The molecule has 0 saturated carbocycles. The Kier molecular flexibility index (Phi) is 8.09. The highest BCUT2D eigenvalue weighted by atomic mass is 32.1. The minimum atomic E-state index is -0.924. The Bertz CT molecular complexity index is 971. The van der Waals surface area contributed by atoms with Gasteiger partial charge in [-0.1, -0.05) is 18.2 Å². The van der Waals surface area contributed by atoms with E-state index < -0.39 is 29.6 Å². The van der Waals surface area contributed by atoms with E-state index in [0.29, 0.717) is 18.8 Å². The van der Waals surface area contributed by atoms with E-state index in [1.165, 1.54) is 17.0 Å². The first-order valence-electron chi connectivity index (χ1n) is 9.93. The van der Waals surface area contributed by atoms with E-state index in [9.17, 15) is 18.8 Å². The second-order valence-corrected chi connectivity index (χ2v) is 7.24. The monoisotopic (exact) mass is 459 g/mol. The fraction of sp³-hybridized carbons (Fsp3) is 0.273. The maximum Gasteiger partial charge on any atom is 0.308 e. The van der Waals surface area contributed by atoms with Crippen LogP contribution in [-0.4, -0.2) is 60.1 Å². The van der Waals surface area contributed by atoms with Gasteiger partial charge in [-0.25, -0.2) is 4.39 Å². The fourth-order valence-corrected chi connectivity index (χ4v) is 3.36. The zero-order chi connectivity index (χ0) is 22.9. The van der Waals surface area contributed by atoms with E-state index in [2.05, 4.69) is 10.6 Å². The van der Waals surface area contributed by atoms with Crippen LogP contribution >= 0.6 is 12.2 Å². The van der Waals surface area contributed by atoms with E-state index in [-0.39, 0.29) is 30.3 Å². The number of carbonyl (C=O) groups excluding carboxylic acids is 3. The molecule has 2 amide bonds. The topological polar surface area (TPSA) is 97.0 Å². The summed E-state index contributed by atoms with van der Waals surface area (Å²) in [5.41, 5.74) is 0.213. The van der Waals surface area contributed by atoms with Crippen molar-refractivity contribution in [3.05, 3.63) is 66.0 Å². The standard InChI is InChI=1S/C22H22FN3O5S/c23-16-8-6-15(7-9-16)20(28)25-22(32)26-11-10-24-21(29)18(26)14-19(27)31-13-12-30-17-4-2-1-3-5-17/h1-9,18H,10-14H2,(H,24,29)(H,25,28,32). The lowest BCUT2D eigenvalue weighted by molar-refractivity contribution is -0.148. The molecule has 1 fully saturated rings. The third-order valence-electron chi connectivity index (χ3n) is 4.64. The van der Waals surface area contributed by atoms with Crippen LogP contribution in [0.1, 0.15) is 16.8 Å². The zero-order valence-corrected chi connectivity index (χ0v) is 17.9. The Morgan fingerprint density at radius 2 is 1.84 bits per heavy atom. The van der Waals surface area contributed by atoms with Gasteiger partial charge in [0.1, 0.15) is 30.8 Å². The molecule has 2 N–H and O–H groups in total. The van der Waals surface area contributed by atoms with Gasteiger partial charge in [-0.05, 0) is 48.6 Å². The van der Waals surface area contributed by atoms with Gasteiger partial charge in [0.25, 0.3) is 5.91 Å². The van der Waals surface area contributed by atoms with E-state index in [4.69, 9.17) is 21.7 Å². The van der Waals surface area contributed by atoms with E-state index in [1.54, 1.807) is 12.1 Å². The van der Waals surface area contributed by atoms with Crippen LogP contribution in [0.5, 0.6) is 5.75 Å². The number of halogens is 1. The highest BCUT2D eigenvalue weighted by Gasteiger charge is 2.34. The Morgan fingerprint density at radius 1 is 1.12 bits per heavy atom. The summed E-state index contributed by atoms with van der Waals surface area (Å²) < 4.78 is 23.7. The predicted molar refractivity (Wildman–Crippen MR) is 117 cm³/mol. The number of carbonyl (C=O) groups is 3. The van der Waals surface area contributed by atoms with Crippen molar-refractivity contribution in [3.63, 3.8) is 0 Å². The van der Waals surface area contributed by atoms with Crippen LogP contribution in [0.25, 0.3) is 0 Å². The van der Waals surface area contributed by atoms with Crippen molar-refractivity contribution in [1.82, 2.24) is 15.5 Å². The van der Waals surface area contributed by atoms with Gasteiger partial charge in [-0.3, -0.25) is 19.7 Å². The number of benzene rings is 2. The van der Waals surface area contributed by atoms with Crippen molar-refractivity contribution in [3.8, 4) is 5.75 Å². The quantitative estimate of drug-likeness (QED) is 0.369. The summed E-state index contributed by atoms with van der Waals surface area (Å²) in [4.78, 5) is 38.4. The highest BCUT2D eigenvalue weighted by Crippen LogP contribution is 2.12. The molecule has 0 aliphatic carbocycles. The molecule has 1 heterocycles. The van der Waals surface area contributed by atoms with Crippen molar-refractivity contribution >= 4 is 35.1 Å². The number of piperazine rings is 1. The number of hydrogen-bond acceptors (Lipinski definition) is 6. The SMILES string of the molecule is O=C(CC1C(=O)NCCN1C(=S)NC(=O)c1ccc(F)cc1)OCCOc1ccccc1. The van der Waals surface area contributed by atoms with Gasteiger partial charge in [-0.2, -0.15) is 0 Å². The maximum atomic E-state index is 13.1. The summed E-state index contributed by atoms with van der Waals surface area (Å²) in [5.74, 6) is -1.35. The van der Waals surface area contributed by atoms with E-state index in [0.717, 1.165) is 12.1 Å². The second kappa shape index (κ2) is 11.2. The van der Waals surface area contributed by atoms with Crippen molar-refractivity contribution in [2.75, 3.05) is 26.3 Å². The predicted octanol–water partition coefficient (Wildman–Crippen LogP) is 1.65. The lowest BCUT2D eigenvalue weighted by Gasteiger charge is -2.36. The average Bonchev–Trinajstić information content (AvgIpc) is 2.79. The Labute approximate surface area is 189 Å². The first kappa shape index (κ1) is 23.1. The molecule has 1 atom stereocenters. The first-order valence-corrected chi connectivity index (χ1v) is 10.3. The summed E-state index contributed by atoms with van der Waals surface area (Å²) in [6, 6.07) is 13.1. The minimum Gasteiger partial charge on any atom is -0.490 e. The van der Waals surface area contributed by atoms with Gasteiger partial charge in [-0.15, -0.1) is 0 Å². The van der Waals surface area contributed by atoms with Crippen molar-refractivity contribution in [2.24, 2.45) is 0 Å². The molecule has 0 radical (unpaired) electrons. The number of ether oxygens (including phenoxy) is 2. The van der Waals surface area contributed by atoms with Crippen LogP contribution in [0.2, 0.25) is 0 Å². The first-order chi connectivity index (χ1) is 15.4. The minimum absolute atomic E-state index is 0.000569. The molecule has 1 aliphatic heterocycles. The normalized spacial score (nSPS) is 15.5. The molecule has 3 rings (SSSR count). The number of thiocarbonyl (C=S) groups is 1. The van der Waals surface area contributed by atoms with Crippen LogP contribution in [0.3, 0.4) is 0 Å². The number of nitrogens with zero attached hydrogens (tertiary/aromatic N) is 1. The Balaban J connectivity index is 1.51. The van der Waals surface area contributed by atoms with Crippen molar-refractivity contribution in [2.45, 2.75) is 12.5 Å². The summed E-state index contributed by atoms with van der Waals surface area (Å²) in [6.45, 7) is 0.807. The van der Waals surface area contributed by atoms with Crippen LogP contribution in [0.15, 0.2) is 54.6 Å². The third kappa shape index (κ3) is 6.48. The molecule has 2 aromatic rings. The average molecular weight is 459 g/mol. The summed E-state index contributed by atoms with van der Waals surface area (Å²) >= 11 is 5.29. The number of amides is 2. The van der Waals surface area contributed by atoms with E-state index in [1.807, 2.05) is 18.2 Å². The molecule has 1 aliphatic rings. The maximum absolute atomic E-state index is 13.1. The largest absolute Gasteiger partial charge is 0.490 e. The number of rotatable bonds is 7. The number of hydrogen-bond donors (Lipinski definition) is 2. The van der Waals surface area contributed by atoms with Crippen LogP contribution in [0.4, 0.5) is 4.39 Å². The summed E-state index contributed by atoms with van der Waals surface area (Å²) in [6.07, 6.45) is -0.246. The molecule has 32 heavy (non-hydrogen) atoms. The van der Waals surface area contributed by atoms with Gasteiger partial charge >= 0.3 is 5.97 Å². The molecule has 0 spiro atoms. The van der Waals surface area contributed by atoms with Gasteiger partial charge in [0.05, 0.1) is 6.42 Å². The molecule has 10 heteroatoms.